The number of ether oxygens (including phenoxy) is 1. The quantitative estimate of drug-likeness (QED) is 0.339. The van der Waals surface area contributed by atoms with E-state index in [-0.39, 0.29) is 16.4 Å². The number of carbonyl (C=O) groups is 1. The second-order valence-corrected chi connectivity index (χ2v) is 9.55. The Bertz CT molecular complexity index is 1280. The number of phenols is 1. The Kier molecular flexibility index (Phi) is 8.14. The Balaban J connectivity index is 1.80. The number of aromatic hydroxyl groups is 1. The van der Waals surface area contributed by atoms with E-state index in [4.69, 9.17) is 16.3 Å². The lowest BCUT2D eigenvalue weighted by molar-refractivity contribution is -0.119. The van der Waals surface area contributed by atoms with Crippen LogP contribution >= 0.6 is 11.6 Å². The Morgan fingerprint density at radius 3 is 2.44 bits per heavy atom. The molecule has 0 spiro atoms. The Labute approximate surface area is 203 Å². The van der Waals surface area contributed by atoms with E-state index >= 15 is 0 Å². The molecule has 0 bridgehead atoms. The fourth-order valence-electron chi connectivity index (χ4n) is 2.99. The third-order valence-corrected chi connectivity index (χ3v) is 6.74. The normalized spacial score (nSPS) is 11.4. The predicted molar refractivity (Wildman–Crippen MR) is 132 cm³/mol. The smallest absolute Gasteiger partial charge is 0.264 e. The first-order chi connectivity index (χ1) is 16.2. The summed E-state index contributed by atoms with van der Waals surface area (Å²) in [6.07, 6.45) is 1.36. The van der Waals surface area contributed by atoms with Crippen molar-refractivity contribution in [3.8, 4) is 11.5 Å². The number of aryl methyl sites for hydroxylation is 1. The van der Waals surface area contributed by atoms with Gasteiger partial charge in [0.25, 0.3) is 15.9 Å². The van der Waals surface area contributed by atoms with E-state index < -0.39 is 22.5 Å². The maximum atomic E-state index is 13.3. The minimum atomic E-state index is -4.06. The van der Waals surface area contributed by atoms with E-state index in [0.717, 1.165) is 9.87 Å². The molecule has 1 amide bonds. The number of nitrogens with zero attached hydrogens (tertiary/aromatic N) is 2. The molecule has 8 nitrogen and oxygen atoms in total. The summed E-state index contributed by atoms with van der Waals surface area (Å²) < 4.78 is 33.0. The number of sulfonamides is 1. The molecule has 34 heavy (non-hydrogen) atoms. The predicted octanol–water partition coefficient (Wildman–Crippen LogP) is 4.10. The second-order valence-electron chi connectivity index (χ2n) is 7.25. The maximum absolute atomic E-state index is 13.3. The zero-order valence-corrected chi connectivity index (χ0v) is 20.2. The Hall–Kier alpha value is -3.56. The monoisotopic (exact) mass is 501 g/mol. The molecule has 178 valence electrons. The van der Waals surface area contributed by atoms with Crippen LogP contribution in [0.25, 0.3) is 0 Å². The van der Waals surface area contributed by atoms with Crippen molar-refractivity contribution in [3.63, 3.8) is 0 Å². The summed E-state index contributed by atoms with van der Waals surface area (Å²) in [7, 11) is -4.06. The lowest BCUT2D eigenvalue weighted by atomic mass is 10.2. The molecule has 0 unspecified atom stereocenters. The number of halogens is 1. The lowest BCUT2D eigenvalue weighted by Gasteiger charge is -2.23. The third kappa shape index (κ3) is 6.27. The molecular formula is C24H24ClN3O5S. The van der Waals surface area contributed by atoms with Gasteiger partial charge < -0.3 is 9.84 Å². The molecule has 0 aromatic heterocycles. The van der Waals surface area contributed by atoms with E-state index in [0.29, 0.717) is 22.9 Å². The number of hydrogen-bond acceptors (Lipinski definition) is 6. The molecule has 0 atom stereocenters. The highest BCUT2D eigenvalue weighted by molar-refractivity contribution is 7.92. The fourth-order valence-corrected chi connectivity index (χ4v) is 4.53. The first-order valence-corrected chi connectivity index (χ1v) is 12.1. The number of nitrogens with one attached hydrogen (secondary N) is 1. The average molecular weight is 502 g/mol. The van der Waals surface area contributed by atoms with Gasteiger partial charge in [-0.3, -0.25) is 9.10 Å². The van der Waals surface area contributed by atoms with Crippen LogP contribution in [-0.2, 0) is 14.8 Å². The van der Waals surface area contributed by atoms with Crippen LogP contribution in [0.2, 0.25) is 5.02 Å². The van der Waals surface area contributed by atoms with Gasteiger partial charge in [-0.15, -0.1) is 0 Å². The molecule has 3 rings (SSSR count). The van der Waals surface area contributed by atoms with E-state index in [9.17, 15) is 18.3 Å². The molecule has 0 aliphatic rings. The van der Waals surface area contributed by atoms with Crippen LogP contribution in [0.4, 0.5) is 5.69 Å². The van der Waals surface area contributed by atoms with E-state index in [2.05, 4.69) is 10.5 Å². The molecule has 0 radical (unpaired) electrons. The molecular weight excluding hydrogens is 478 g/mol. The van der Waals surface area contributed by atoms with Crippen molar-refractivity contribution in [2.45, 2.75) is 18.7 Å². The maximum Gasteiger partial charge on any atom is 0.264 e. The molecule has 0 heterocycles. The number of hydrogen-bond donors (Lipinski definition) is 2. The Morgan fingerprint density at radius 2 is 1.79 bits per heavy atom. The standard InChI is InChI=1S/C24H24ClN3O5S/c1-3-33-23-14-18(6-13-22(23)29)15-26-27-24(30)16-28(20-9-4-17(2)5-10-20)34(31,32)21-11-7-19(25)8-12-21/h4-15,29H,3,16H2,1-2H3,(H,27,30)/b26-15-. The van der Waals surface area contributed by atoms with Gasteiger partial charge in [-0.05, 0) is 74.0 Å². The summed E-state index contributed by atoms with van der Waals surface area (Å²) in [6.45, 7) is 3.55. The van der Waals surface area contributed by atoms with E-state index in [1.165, 1.54) is 36.5 Å². The van der Waals surface area contributed by atoms with Crippen LogP contribution < -0.4 is 14.5 Å². The van der Waals surface area contributed by atoms with Gasteiger partial charge in [-0.2, -0.15) is 5.10 Å². The van der Waals surface area contributed by atoms with Gasteiger partial charge in [0.2, 0.25) is 0 Å². The number of benzene rings is 3. The highest BCUT2D eigenvalue weighted by Crippen LogP contribution is 2.26. The van der Waals surface area contributed by atoms with E-state index in [1.54, 1.807) is 43.3 Å². The van der Waals surface area contributed by atoms with Crippen LogP contribution in [0.5, 0.6) is 11.5 Å². The molecule has 0 aliphatic heterocycles. The number of phenolic OH excluding ortho intramolecular Hbond substituents is 1. The molecule has 0 fully saturated rings. The van der Waals surface area contributed by atoms with Crippen molar-refractivity contribution in [1.29, 1.82) is 0 Å². The van der Waals surface area contributed by atoms with Crippen molar-refractivity contribution in [2.75, 3.05) is 17.5 Å². The number of amides is 1. The van der Waals surface area contributed by atoms with Crippen molar-refractivity contribution in [2.24, 2.45) is 5.10 Å². The fraction of sp³-hybridized carbons (Fsp3) is 0.167. The SMILES string of the molecule is CCOc1cc(/C=N\NC(=O)CN(c2ccc(C)cc2)S(=O)(=O)c2ccc(Cl)cc2)ccc1O. The number of rotatable bonds is 9. The second kappa shape index (κ2) is 11.0. The number of hydrazone groups is 1. The van der Waals surface area contributed by atoms with Crippen LogP contribution in [0.1, 0.15) is 18.1 Å². The number of anilines is 1. The van der Waals surface area contributed by atoms with Gasteiger partial charge in [-0.25, -0.2) is 13.8 Å². The minimum absolute atomic E-state index is 0.00123. The van der Waals surface area contributed by atoms with E-state index in [1.807, 2.05) is 6.92 Å². The van der Waals surface area contributed by atoms with Gasteiger partial charge in [-0.1, -0.05) is 29.3 Å². The minimum Gasteiger partial charge on any atom is -0.504 e. The van der Waals surface area contributed by atoms with Crippen molar-refractivity contribution in [1.82, 2.24) is 5.43 Å². The molecule has 10 heteroatoms. The zero-order chi connectivity index (χ0) is 24.7. The van der Waals surface area contributed by atoms with Crippen molar-refractivity contribution >= 4 is 39.4 Å². The summed E-state index contributed by atoms with van der Waals surface area (Å²) in [5.41, 5.74) is 4.20. The molecule has 0 aliphatic carbocycles. The highest BCUT2D eigenvalue weighted by atomic mass is 35.5. The first kappa shape index (κ1) is 25.1. The van der Waals surface area contributed by atoms with Gasteiger partial charge in [0.15, 0.2) is 11.5 Å². The summed E-state index contributed by atoms with van der Waals surface area (Å²) in [4.78, 5) is 12.6. The highest BCUT2D eigenvalue weighted by Gasteiger charge is 2.27. The van der Waals surface area contributed by atoms with Gasteiger partial charge in [0, 0.05) is 5.02 Å². The van der Waals surface area contributed by atoms with Gasteiger partial charge in [0.1, 0.15) is 6.54 Å². The average Bonchev–Trinajstić information content (AvgIpc) is 2.80. The molecule has 3 aromatic carbocycles. The molecule has 3 aromatic rings. The van der Waals surface area contributed by atoms with Crippen molar-refractivity contribution < 1.29 is 23.1 Å². The lowest BCUT2D eigenvalue weighted by Crippen LogP contribution is -2.39. The van der Waals surface area contributed by atoms with Crippen molar-refractivity contribution in [3.05, 3.63) is 82.9 Å². The van der Waals surface area contributed by atoms with Gasteiger partial charge in [0.05, 0.1) is 23.4 Å². The zero-order valence-electron chi connectivity index (χ0n) is 18.6. The Morgan fingerprint density at radius 1 is 1.12 bits per heavy atom. The molecule has 2 N–H and O–H groups in total. The molecule has 0 saturated heterocycles. The first-order valence-electron chi connectivity index (χ1n) is 10.3. The summed E-state index contributed by atoms with van der Waals surface area (Å²) >= 11 is 5.89. The van der Waals surface area contributed by atoms with Crippen LogP contribution in [0.15, 0.2) is 76.7 Å². The summed E-state index contributed by atoms with van der Waals surface area (Å²) in [5.74, 6) is -0.361. The van der Waals surface area contributed by atoms with Crippen LogP contribution in [0, 0.1) is 6.92 Å². The number of carbonyl (C=O) groups excluding carboxylic acids is 1. The van der Waals surface area contributed by atoms with Crippen LogP contribution in [0.3, 0.4) is 0 Å². The summed E-state index contributed by atoms with van der Waals surface area (Å²) in [5, 5.41) is 14.1. The summed E-state index contributed by atoms with van der Waals surface area (Å²) in [6, 6.07) is 17.1. The topological polar surface area (TPSA) is 108 Å². The molecule has 0 saturated carbocycles. The largest absolute Gasteiger partial charge is 0.504 e. The van der Waals surface area contributed by atoms with Crippen LogP contribution in [-0.4, -0.2) is 38.8 Å². The van der Waals surface area contributed by atoms with Gasteiger partial charge >= 0.3 is 0 Å². The third-order valence-electron chi connectivity index (χ3n) is 4.70.